The number of Topliss-reactive ketones (excluding diaryl/α,β-unsaturated/α-hetero) is 1. The molecule has 2 fully saturated rings. The van der Waals surface area contributed by atoms with Crippen LogP contribution >= 0.6 is 0 Å². The van der Waals surface area contributed by atoms with E-state index in [0.29, 0.717) is 18.4 Å². The fourth-order valence-electron chi connectivity index (χ4n) is 4.36. The summed E-state index contributed by atoms with van der Waals surface area (Å²) in [6, 6.07) is 17.2. The average molecular weight is 377 g/mol. The van der Waals surface area contributed by atoms with Gasteiger partial charge in [-0.1, -0.05) is 48.0 Å². The van der Waals surface area contributed by atoms with Crippen molar-refractivity contribution in [3.05, 3.63) is 70.8 Å². The number of hydrogen-bond acceptors (Lipinski definition) is 3. The van der Waals surface area contributed by atoms with Gasteiger partial charge in [0.1, 0.15) is 0 Å². The molecule has 2 atom stereocenters. The highest BCUT2D eigenvalue weighted by Gasteiger charge is 2.38. The summed E-state index contributed by atoms with van der Waals surface area (Å²) in [5.74, 6) is 1.68. The van der Waals surface area contributed by atoms with Crippen molar-refractivity contribution >= 4 is 5.78 Å². The van der Waals surface area contributed by atoms with Crippen molar-refractivity contribution in [3.8, 4) is 0 Å². The molecule has 3 nitrogen and oxygen atoms in total. The number of hydrogen-bond donors (Lipinski definition) is 1. The van der Waals surface area contributed by atoms with Crippen LogP contribution in [0.1, 0.15) is 52.2 Å². The summed E-state index contributed by atoms with van der Waals surface area (Å²) in [7, 11) is 2.22. The molecule has 1 aliphatic heterocycles. The van der Waals surface area contributed by atoms with Gasteiger partial charge in [-0.05, 0) is 76.0 Å². The van der Waals surface area contributed by atoms with Crippen LogP contribution in [0.4, 0.5) is 0 Å². The average Bonchev–Trinajstić information content (AvgIpc) is 3.48. The maximum absolute atomic E-state index is 12.5. The first-order valence-corrected chi connectivity index (χ1v) is 10.7. The standard InChI is InChI=1S/C25H32N2O/c1-18-4-3-5-22(14-18)25(28)15-19-6-8-21(9-7-19)23-16-24(23)26-17-20-10-12-27(2)13-11-20/h3-9,14,20,23-24,26H,10-13,15-17H2,1-2H3. The SMILES string of the molecule is Cc1cccc(C(=O)Cc2ccc(C3CC3NCC3CCN(C)CC3)cc2)c1. The third-order valence-electron chi connectivity index (χ3n) is 6.41. The molecule has 0 aromatic heterocycles. The summed E-state index contributed by atoms with van der Waals surface area (Å²) < 4.78 is 0. The Kier molecular flexibility index (Phi) is 5.93. The van der Waals surface area contributed by atoms with Crippen molar-refractivity contribution in [2.24, 2.45) is 5.92 Å². The van der Waals surface area contributed by atoms with E-state index in [2.05, 4.69) is 41.5 Å². The summed E-state index contributed by atoms with van der Waals surface area (Å²) >= 11 is 0. The van der Waals surface area contributed by atoms with Gasteiger partial charge < -0.3 is 10.2 Å². The maximum Gasteiger partial charge on any atom is 0.167 e. The number of likely N-dealkylation sites (tertiary alicyclic amines) is 1. The third kappa shape index (κ3) is 4.89. The van der Waals surface area contributed by atoms with Gasteiger partial charge in [-0.15, -0.1) is 0 Å². The Labute approximate surface area is 169 Å². The number of rotatable bonds is 7. The van der Waals surface area contributed by atoms with Gasteiger partial charge in [0.05, 0.1) is 0 Å². The van der Waals surface area contributed by atoms with Crippen LogP contribution in [0, 0.1) is 12.8 Å². The lowest BCUT2D eigenvalue weighted by molar-refractivity contribution is 0.0993. The molecule has 0 bridgehead atoms. The quantitative estimate of drug-likeness (QED) is 0.735. The number of carbonyl (C=O) groups is 1. The molecule has 2 aromatic carbocycles. The van der Waals surface area contributed by atoms with Gasteiger partial charge in [-0.3, -0.25) is 4.79 Å². The zero-order valence-corrected chi connectivity index (χ0v) is 17.2. The van der Waals surface area contributed by atoms with E-state index < -0.39 is 0 Å². The number of aryl methyl sites for hydroxylation is 1. The predicted molar refractivity (Wildman–Crippen MR) is 115 cm³/mol. The van der Waals surface area contributed by atoms with E-state index in [4.69, 9.17) is 0 Å². The lowest BCUT2D eigenvalue weighted by Gasteiger charge is -2.29. The topological polar surface area (TPSA) is 32.3 Å². The smallest absolute Gasteiger partial charge is 0.167 e. The first-order valence-electron chi connectivity index (χ1n) is 10.7. The van der Waals surface area contributed by atoms with E-state index in [9.17, 15) is 4.79 Å². The second-order valence-electron chi connectivity index (χ2n) is 8.81. The molecule has 0 radical (unpaired) electrons. The summed E-state index contributed by atoms with van der Waals surface area (Å²) in [6.07, 6.45) is 4.37. The highest BCUT2D eigenvalue weighted by Crippen LogP contribution is 2.41. The van der Waals surface area contributed by atoms with Crippen LogP contribution in [0.25, 0.3) is 0 Å². The Morgan fingerprint density at radius 3 is 2.57 bits per heavy atom. The molecule has 4 rings (SSSR count). The third-order valence-corrected chi connectivity index (χ3v) is 6.41. The second kappa shape index (κ2) is 8.59. The molecule has 2 aromatic rings. The van der Waals surface area contributed by atoms with Crippen LogP contribution in [0.2, 0.25) is 0 Å². The van der Waals surface area contributed by atoms with Crippen molar-refractivity contribution in [3.63, 3.8) is 0 Å². The second-order valence-corrected chi connectivity index (χ2v) is 8.81. The zero-order valence-electron chi connectivity index (χ0n) is 17.2. The van der Waals surface area contributed by atoms with Crippen molar-refractivity contribution in [2.75, 3.05) is 26.7 Å². The predicted octanol–water partition coefficient (Wildman–Crippen LogP) is 4.21. The molecule has 1 heterocycles. The zero-order chi connectivity index (χ0) is 19.5. The van der Waals surface area contributed by atoms with Crippen LogP contribution < -0.4 is 5.32 Å². The summed E-state index contributed by atoms with van der Waals surface area (Å²) in [5.41, 5.74) is 4.46. The molecule has 3 heteroatoms. The Morgan fingerprint density at radius 2 is 1.86 bits per heavy atom. The van der Waals surface area contributed by atoms with Gasteiger partial charge in [0.25, 0.3) is 0 Å². The molecule has 1 aliphatic carbocycles. The van der Waals surface area contributed by atoms with Crippen molar-refractivity contribution in [1.82, 2.24) is 10.2 Å². The summed E-state index contributed by atoms with van der Waals surface area (Å²) in [6.45, 7) is 5.67. The molecule has 0 spiro atoms. The van der Waals surface area contributed by atoms with E-state index in [-0.39, 0.29) is 5.78 Å². The number of nitrogens with zero attached hydrogens (tertiary/aromatic N) is 1. The Hall–Kier alpha value is -1.97. The fraction of sp³-hybridized carbons (Fsp3) is 0.480. The fourth-order valence-corrected chi connectivity index (χ4v) is 4.36. The lowest BCUT2D eigenvalue weighted by Crippen LogP contribution is -2.35. The maximum atomic E-state index is 12.5. The molecule has 28 heavy (non-hydrogen) atoms. The number of ketones is 1. The van der Waals surface area contributed by atoms with Gasteiger partial charge in [-0.2, -0.15) is 0 Å². The summed E-state index contributed by atoms with van der Waals surface area (Å²) in [4.78, 5) is 14.9. The molecule has 0 amide bonds. The van der Waals surface area contributed by atoms with E-state index in [1.807, 2.05) is 31.2 Å². The molecular weight excluding hydrogens is 344 g/mol. The highest BCUT2D eigenvalue weighted by molar-refractivity contribution is 5.97. The minimum atomic E-state index is 0.195. The summed E-state index contributed by atoms with van der Waals surface area (Å²) in [5, 5.41) is 3.79. The van der Waals surface area contributed by atoms with Gasteiger partial charge in [0, 0.05) is 23.9 Å². The van der Waals surface area contributed by atoms with Gasteiger partial charge in [-0.25, -0.2) is 0 Å². The first kappa shape index (κ1) is 19.4. The van der Waals surface area contributed by atoms with Gasteiger partial charge in [0.2, 0.25) is 0 Å². The number of nitrogens with one attached hydrogen (secondary N) is 1. The molecule has 1 saturated carbocycles. The Balaban J connectivity index is 1.25. The number of piperidine rings is 1. The normalized spacial score (nSPS) is 22.9. The lowest BCUT2D eigenvalue weighted by atomic mass is 9.97. The van der Waals surface area contributed by atoms with Crippen LogP contribution in [-0.2, 0) is 6.42 Å². The van der Waals surface area contributed by atoms with Crippen molar-refractivity contribution in [1.29, 1.82) is 0 Å². The van der Waals surface area contributed by atoms with Crippen molar-refractivity contribution < 1.29 is 4.79 Å². The van der Waals surface area contributed by atoms with Crippen LogP contribution in [0.5, 0.6) is 0 Å². The molecular formula is C25H32N2O. The number of benzene rings is 2. The molecule has 148 valence electrons. The first-order chi connectivity index (χ1) is 13.6. The van der Waals surface area contributed by atoms with E-state index in [1.165, 1.54) is 37.9 Å². The van der Waals surface area contributed by atoms with E-state index >= 15 is 0 Å². The molecule has 1 saturated heterocycles. The van der Waals surface area contributed by atoms with Crippen LogP contribution in [0.3, 0.4) is 0 Å². The molecule has 2 aliphatic rings. The van der Waals surface area contributed by atoms with Crippen molar-refractivity contribution in [2.45, 2.75) is 44.6 Å². The monoisotopic (exact) mass is 376 g/mol. The highest BCUT2D eigenvalue weighted by atomic mass is 16.1. The van der Waals surface area contributed by atoms with E-state index in [0.717, 1.165) is 29.2 Å². The number of carbonyl (C=O) groups excluding carboxylic acids is 1. The van der Waals surface area contributed by atoms with Gasteiger partial charge >= 0.3 is 0 Å². The van der Waals surface area contributed by atoms with Crippen LogP contribution in [-0.4, -0.2) is 43.4 Å². The van der Waals surface area contributed by atoms with Gasteiger partial charge in [0.15, 0.2) is 5.78 Å². The van der Waals surface area contributed by atoms with Crippen LogP contribution in [0.15, 0.2) is 48.5 Å². The minimum Gasteiger partial charge on any atom is -0.313 e. The minimum absolute atomic E-state index is 0.195. The Bertz CT molecular complexity index is 806. The molecule has 1 N–H and O–H groups in total. The molecule has 2 unspecified atom stereocenters. The van der Waals surface area contributed by atoms with E-state index in [1.54, 1.807) is 0 Å². The Morgan fingerprint density at radius 1 is 1.11 bits per heavy atom. The largest absolute Gasteiger partial charge is 0.313 e.